The molecule has 1 aliphatic heterocycles. The molecule has 2 rings (SSSR count). The summed E-state index contributed by atoms with van der Waals surface area (Å²) in [6.45, 7) is -0.267. The molecule has 0 spiro atoms. The second kappa shape index (κ2) is 5.67. The van der Waals surface area contributed by atoms with E-state index in [-0.39, 0.29) is 17.9 Å². The van der Waals surface area contributed by atoms with Crippen LogP contribution >= 0.6 is 11.8 Å². The molecule has 0 aromatic carbocycles. The number of aliphatic hydroxyl groups is 3. The van der Waals surface area contributed by atoms with Crippen LogP contribution in [-0.2, 0) is 0 Å². The zero-order valence-corrected chi connectivity index (χ0v) is 10.1. The summed E-state index contributed by atoms with van der Waals surface area (Å²) in [4.78, 5) is 15.1. The predicted octanol–water partition coefficient (Wildman–Crippen LogP) is -2.67. The molecule has 4 atom stereocenters. The van der Waals surface area contributed by atoms with Crippen LogP contribution in [0.1, 0.15) is 5.37 Å². The summed E-state index contributed by atoms with van der Waals surface area (Å²) >= 11 is 1.13. The maximum absolute atomic E-state index is 11.6. The molecule has 0 radical (unpaired) electrons. The highest BCUT2D eigenvalue weighted by Crippen LogP contribution is 2.40. The van der Waals surface area contributed by atoms with Gasteiger partial charge < -0.3 is 26.5 Å². The molecule has 1 fully saturated rings. The van der Waals surface area contributed by atoms with Crippen molar-refractivity contribution in [2.45, 2.75) is 22.8 Å². The molecule has 1 aromatic heterocycles. The highest BCUT2D eigenvalue weighted by molar-refractivity contribution is 8.00. The number of nitrogens with zero attached hydrogens (tertiary/aromatic N) is 2. The van der Waals surface area contributed by atoms with Crippen molar-refractivity contribution < 1.29 is 20.8 Å². The summed E-state index contributed by atoms with van der Waals surface area (Å²) in [5.74, 6) is 0.1000. The summed E-state index contributed by atoms with van der Waals surface area (Å²) < 4.78 is 1.20. The number of thioether (sulfide) groups is 1. The predicted molar refractivity (Wildman–Crippen MR) is 66.0 cm³/mol. The first kappa shape index (κ1) is 14.9. The Labute approximate surface area is 106 Å². The van der Waals surface area contributed by atoms with Crippen molar-refractivity contribution in [2.24, 2.45) is 0 Å². The molecule has 8 nitrogen and oxygen atoms in total. The highest BCUT2D eigenvalue weighted by Gasteiger charge is 2.43. The van der Waals surface area contributed by atoms with Gasteiger partial charge in [0.15, 0.2) is 0 Å². The van der Waals surface area contributed by atoms with Crippen LogP contribution in [0.2, 0.25) is 0 Å². The third-order valence-electron chi connectivity index (χ3n) is 2.64. The maximum atomic E-state index is 11.6. The summed E-state index contributed by atoms with van der Waals surface area (Å²) in [7, 11) is 0. The van der Waals surface area contributed by atoms with Gasteiger partial charge in [-0.1, -0.05) is 0 Å². The van der Waals surface area contributed by atoms with Gasteiger partial charge in [0.05, 0.1) is 18.0 Å². The van der Waals surface area contributed by atoms with E-state index >= 15 is 0 Å². The minimum Gasteiger partial charge on any atom is -0.412 e. The molecule has 0 bridgehead atoms. The van der Waals surface area contributed by atoms with Gasteiger partial charge >= 0.3 is 5.69 Å². The van der Waals surface area contributed by atoms with E-state index in [1.54, 1.807) is 0 Å². The fraction of sp³-hybridized carbons (Fsp3) is 0.556. The van der Waals surface area contributed by atoms with Gasteiger partial charge in [0.1, 0.15) is 17.3 Å². The van der Waals surface area contributed by atoms with E-state index in [2.05, 4.69) is 4.98 Å². The van der Waals surface area contributed by atoms with E-state index < -0.39 is 28.5 Å². The van der Waals surface area contributed by atoms with Gasteiger partial charge in [-0.25, -0.2) is 4.79 Å². The molecule has 0 amide bonds. The molecule has 2 heterocycles. The molecule has 1 aromatic rings. The van der Waals surface area contributed by atoms with Crippen LogP contribution in [0.15, 0.2) is 17.1 Å². The molecular weight excluding hydrogens is 262 g/mol. The Bertz CT molecular complexity index is 468. The van der Waals surface area contributed by atoms with Crippen LogP contribution in [0, 0.1) is 0 Å². The van der Waals surface area contributed by atoms with Crippen molar-refractivity contribution in [2.75, 3.05) is 12.3 Å². The van der Waals surface area contributed by atoms with Gasteiger partial charge in [0, 0.05) is 6.20 Å². The van der Waals surface area contributed by atoms with Crippen LogP contribution in [0.5, 0.6) is 0 Å². The lowest BCUT2D eigenvalue weighted by atomic mass is 10.1. The molecule has 0 saturated carbocycles. The van der Waals surface area contributed by atoms with Crippen LogP contribution in [0.4, 0.5) is 5.82 Å². The van der Waals surface area contributed by atoms with Crippen LogP contribution < -0.4 is 11.4 Å². The van der Waals surface area contributed by atoms with E-state index in [4.69, 9.17) is 10.8 Å². The minimum atomic E-state index is -1.12. The zero-order chi connectivity index (χ0) is 12.6. The Balaban J connectivity index is 0.00000162. The summed E-state index contributed by atoms with van der Waals surface area (Å²) in [6, 6.07) is 1.44. The van der Waals surface area contributed by atoms with Crippen molar-refractivity contribution in [3.8, 4) is 0 Å². The van der Waals surface area contributed by atoms with Crippen molar-refractivity contribution in [1.29, 1.82) is 0 Å². The Morgan fingerprint density at radius 1 is 1.44 bits per heavy atom. The lowest BCUT2D eigenvalue weighted by molar-refractivity contribution is 0.0101. The molecule has 9 heteroatoms. The third-order valence-corrected chi connectivity index (χ3v) is 4.21. The quantitative estimate of drug-likeness (QED) is 0.459. The number of hydrogen-bond acceptors (Lipinski definition) is 7. The third kappa shape index (κ3) is 2.49. The maximum Gasteiger partial charge on any atom is 0.350 e. The number of nitrogen functional groups attached to an aromatic ring is 1. The number of anilines is 1. The smallest absolute Gasteiger partial charge is 0.350 e. The van der Waals surface area contributed by atoms with Gasteiger partial charge in [-0.2, -0.15) is 4.98 Å². The van der Waals surface area contributed by atoms with Gasteiger partial charge in [-0.05, 0) is 6.07 Å². The lowest BCUT2D eigenvalue weighted by Crippen LogP contribution is -2.36. The van der Waals surface area contributed by atoms with E-state index in [0.29, 0.717) is 0 Å². The molecule has 0 unspecified atom stereocenters. The first-order valence-corrected chi connectivity index (χ1v) is 5.96. The average molecular weight is 277 g/mol. The topological polar surface area (TPSA) is 153 Å². The molecular formula is C9H15N3O5S. The molecule has 0 aliphatic carbocycles. The highest BCUT2D eigenvalue weighted by atomic mass is 32.2. The lowest BCUT2D eigenvalue weighted by Gasteiger charge is -2.17. The van der Waals surface area contributed by atoms with Gasteiger partial charge in [-0.3, -0.25) is 4.57 Å². The van der Waals surface area contributed by atoms with E-state index in [9.17, 15) is 15.0 Å². The van der Waals surface area contributed by atoms with Gasteiger partial charge in [-0.15, -0.1) is 11.8 Å². The molecule has 18 heavy (non-hydrogen) atoms. The van der Waals surface area contributed by atoms with Crippen molar-refractivity contribution >= 4 is 17.6 Å². The standard InChI is InChI=1S/C9H13N3O4S.H2O/c10-5-1-2-12(9(16)11-5)8-7(15)6(14)4(3-13)17-8;/h1-2,4,6-8,13-15H,3H2,(H2,10,11,16);1H2/t4-,6-,7+,8-;/m1./s1. The number of aromatic nitrogens is 2. The normalized spacial score (nSPS) is 31.1. The van der Waals surface area contributed by atoms with Crippen LogP contribution in [-0.4, -0.2) is 54.4 Å². The Morgan fingerprint density at radius 2 is 2.11 bits per heavy atom. The Morgan fingerprint density at radius 3 is 2.61 bits per heavy atom. The molecule has 1 aliphatic rings. The first-order valence-electron chi connectivity index (χ1n) is 5.01. The average Bonchev–Trinajstić information content (AvgIpc) is 2.57. The summed E-state index contributed by atoms with van der Waals surface area (Å²) in [6.07, 6.45) is -0.780. The minimum absolute atomic E-state index is 0. The van der Waals surface area contributed by atoms with Crippen molar-refractivity contribution in [3.63, 3.8) is 0 Å². The summed E-state index contributed by atoms with van der Waals surface area (Å²) in [5.41, 5.74) is 4.77. The van der Waals surface area contributed by atoms with E-state index in [1.165, 1.54) is 16.8 Å². The zero-order valence-electron chi connectivity index (χ0n) is 9.30. The van der Waals surface area contributed by atoms with Crippen molar-refractivity contribution in [1.82, 2.24) is 9.55 Å². The van der Waals surface area contributed by atoms with E-state index in [1.807, 2.05) is 0 Å². The number of rotatable bonds is 2. The Hall–Kier alpha value is -1.13. The molecule has 1 saturated heterocycles. The van der Waals surface area contributed by atoms with Gasteiger partial charge in [0.25, 0.3) is 0 Å². The second-order valence-electron chi connectivity index (χ2n) is 3.77. The Kier molecular flexibility index (Phi) is 4.71. The van der Waals surface area contributed by atoms with Crippen LogP contribution in [0.25, 0.3) is 0 Å². The monoisotopic (exact) mass is 277 g/mol. The first-order chi connectivity index (χ1) is 8.04. The van der Waals surface area contributed by atoms with E-state index in [0.717, 1.165) is 11.8 Å². The fourth-order valence-corrected chi connectivity index (χ4v) is 3.11. The molecule has 7 N–H and O–H groups in total. The van der Waals surface area contributed by atoms with Crippen LogP contribution in [0.3, 0.4) is 0 Å². The van der Waals surface area contributed by atoms with Crippen molar-refractivity contribution in [3.05, 3.63) is 22.7 Å². The number of nitrogens with two attached hydrogens (primary N) is 1. The van der Waals surface area contributed by atoms with Gasteiger partial charge in [0.2, 0.25) is 0 Å². The summed E-state index contributed by atoms with van der Waals surface area (Å²) in [5, 5.41) is 27.3. The molecule has 102 valence electrons. The number of aliphatic hydroxyl groups excluding tert-OH is 3. The largest absolute Gasteiger partial charge is 0.412 e. The fourth-order valence-electron chi connectivity index (χ4n) is 1.73. The SMILES string of the molecule is Nc1ccn([C@@H]2S[C@H](CO)[C@@H](O)[C@@H]2O)c(=O)n1.O. The number of hydrogen-bond donors (Lipinski definition) is 4. The second-order valence-corrected chi connectivity index (χ2v) is 5.13.